The molecule has 0 aliphatic heterocycles. The van der Waals surface area contributed by atoms with E-state index < -0.39 is 10.8 Å². The largest absolute Gasteiger partial charge is 0.441 e. The summed E-state index contributed by atoms with van der Waals surface area (Å²) in [5.74, 6) is 1.25. The summed E-state index contributed by atoms with van der Waals surface area (Å²) in [5.41, 5.74) is 5.36. The zero-order valence-corrected chi connectivity index (χ0v) is 19.7. The van der Waals surface area contributed by atoms with Crippen molar-refractivity contribution in [1.29, 1.82) is 0 Å². The van der Waals surface area contributed by atoms with E-state index >= 15 is 0 Å². The molecular weight excluding hydrogens is 432 g/mol. The van der Waals surface area contributed by atoms with Gasteiger partial charge in [-0.1, -0.05) is 42.0 Å². The quantitative estimate of drug-likeness (QED) is 0.397. The van der Waals surface area contributed by atoms with Crippen molar-refractivity contribution in [3.05, 3.63) is 107 Å². The number of oxazole rings is 1. The molecule has 0 fully saturated rings. The normalized spacial score (nSPS) is 11.8. The average Bonchev–Trinajstić information content (AvgIpc) is 3.19. The first-order valence-electron chi connectivity index (χ1n) is 10.7. The van der Waals surface area contributed by atoms with Gasteiger partial charge in [0.1, 0.15) is 5.76 Å². The highest BCUT2D eigenvalue weighted by molar-refractivity contribution is 7.84. The van der Waals surface area contributed by atoms with Crippen molar-refractivity contribution in [2.45, 2.75) is 38.0 Å². The van der Waals surface area contributed by atoms with Crippen molar-refractivity contribution in [1.82, 2.24) is 10.3 Å². The first kappa shape index (κ1) is 22.7. The summed E-state index contributed by atoms with van der Waals surface area (Å²) in [7, 11) is -1.20. The maximum atomic E-state index is 12.7. The van der Waals surface area contributed by atoms with E-state index in [-0.39, 0.29) is 11.7 Å². The smallest absolute Gasteiger partial charge is 0.251 e. The Morgan fingerprint density at radius 3 is 2.33 bits per heavy atom. The third-order valence-corrected chi connectivity index (χ3v) is 6.87. The van der Waals surface area contributed by atoms with Gasteiger partial charge in [0, 0.05) is 22.6 Å². The van der Waals surface area contributed by atoms with E-state index in [2.05, 4.69) is 10.3 Å². The van der Waals surface area contributed by atoms with Crippen LogP contribution in [0, 0.1) is 20.8 Å². The van der Waals surface area contributed by atoms with Gasteiger partial charge in [-0.2, -0.15) is 0 Å². The predicted octanol–water partition coefficient (Wildman–Crippen LogP) is 5.50. The van der Waals surface area contributed by atoms with Gasteiger partial charge in [-0.05, 0) is 68.3 Å². The second-order valence-corrected chi connectivity index (χ2v) is 9.46. The van der Waals surface area contributed by atoms with Gasteiger partial charge in [0.15, 0.2) is 0 Å². The molecule has 1 heterocycles. The molecule has 4 aromatic rings. The number of aryl methyl sites for hydroxylation is 3. The van der Waals surface area contributed by atoms with Crippen LogP contribution in [0.3, 0.4) is 0 Å². The number of aromatic nitrogens is 1. The second kappa shape index (κ2) is 9.96. The van der Waals surface area contributed by atoms with Gasteiger partial charge in [-0.3, -0.25) is 9.00 Å². The monoisotopic (exact) mass is 458 g/mol. The molecule has 168 valence electrons. The van der Waals surface area contributed by atoms with E-state index in [1.807, 2.05) is 81.4 Å². The van der Waals surface area contributed by atoms with Gasteiger partial charge in [0.05, 0.1) is 22.2 Å². The molecule has 3 aromatic carbocycles. The Morgan fingerprint density at radius 1 is 0.939 bits per heavy atom. The van der Waals surface area contributed by atoms with Crippen LogP contribution in [-0.4, -0.2) is 15.1 Å². The van der Waals surface area contributed by atoms with Crippen LogP contribution < -0.4 is 5.32 Å². The zero-order chi connectivity index (χ0) is 23.4. The number of nitrogens with one attached hydrogen (secondary N) is 1. The predicted molar refractivity (Wildman–Crippen MR) is 130 cm³/mol. The van der Waals surface area contributed by atoms with Gasteiger partial charge < -0.3 is 9.73 Å². The molecule has 6 heteroatoms. The number of hydrogen-bond donors (Lipinski definition) is 1. The molecule has 0 radical (unpaired) electrons. The Hall–Kier alpha value is -3.51. The van der Waals surface area contributed by atoms with Crippen LogP contribution >= 0.6 is 0 Å². The van der Waals surface area contributed by atoms with Crippen molar-refractivity contribution < 1.29 is 13.4 Å². The van der Waals surface area contributed by atoms with Crippen molar-refractivity contribution in [3.63, 3.8) is 0 Å². The van der Waals surface area contributed by atoms with Crippen LogP contribution in [0.5, 0.6) is 0 Å². The summed E-state index contributed by atoms with van der Waals surface area (Å²) >= 11 is 0. The summed E-state index contributed by atoms with van der Waals surface area (Å²) in [6.45, 7) is 6.33. The Bertz CT molecular complexity index is 1290. The molecular formula is C27H26N2O3S. The van der Waals surface area contributed by atoms with Crippen LogP contribution in [0.4, 0.5) is 0 Å². The summed E-state index contributed by atoms with van der Waals surface area (Å²) in [6.07, 6.45) is 0. The Balaban J connectivity index is 1.42. The van der Waals surface area contributed by atoms with Crippen LogP contribution in [0.25, 0.3) is 11.5 Å². The minimum absolute atomic E-state index is 0.137. The molecule has 1 N–H and O–H groups in total. The lowest BCUT2D eigenvalue weighted by atomic mass is 10.1. The summed E-state index contributed by atoms with van der Waals surface area (Å²) in [5, 5.41) is 2.96. The van der Waals surface area contributed by atoms with Gasteiger partial charge >= 0.3 is 0 Å². The molecule has 0 saturated carbocycles. The molecule has 1 amide bonds. The minimum atomic E-state index is -1.20. The SMILES string of the molecule is Cc1ccc([S@@](=O)Cc2nc(-c3ccc(C(=O)NCc4ccccc4C)cc3)oc2C)cc1. The molecule has 1 aromatic heterocycles. The van der Waals surface area contributed by atoms with Crippen LogP contribution in [0.1, 0.15) is 38.5 Å². The molecule has 0 aliphatic rings. The number of carbonyl (C=O) groups excluding carboxylic acids is 1. The van der Waals surface area contributed by atoms with E-state index in [4.69, 9.17) is 4.42 Å². The lowest BCUT2D eigenvalue weighted by molar-refractivity contribution is 0.0951. The minimum Gasteiger partial charge on any atom is -0.441 e. The standard InChI is InChI=1S/C27H26N2O3S/c1-18-8-14-24(15-9-18)33(31)17-25-20(3)32-27(29-25)22-12-10-21(11-13-22)26(30)28-16-23-7-5-4-6-19(23)2/h4-15H,16-17H2,1-3H3,(H,28,30)/t33-/m0/s1. The fraction of sp³-hybridized carbons (Fsp3) is 0.185. The summed E-state index contributed by atoms with van der Waals surface area (Å²) in [4.78, 5) is 17.9. The number of rotatable bonds is 7. The number of hydrogen-bond acceptors (Lipinski definition) is 4. The van der Waals surface area contributed by atoms with Crippen molar-refractivity contribution in [3.8, 4) is 11.5 Å². The third-order valence-electron chi connectivity index (χ3n) is 5.54. The molecule has 4 rings (SSSR count). The van der Waals surface area contributed by atoms with Gasteiger partial charge in [0.2, 0.25) is 5.89 Å². The van der Waals surface area contributed by atoms with Crippen LogP contribution in [-0.2, 0) is 23.1 Å². The van der Waals surface area contributed by atoms with E-state index in [1.165, 1.54) is 0 Å². The van der Waals surface area contributed by atoms with Crippen LogP contribution in [0.15, 0.2) is 82.1 Å². The first-order valence-corrected chi connectivity index (χ1v) is 12.1. The molecule has 33 heavy (non-hydrogen) atoms. The van der Waals surface area contributed by atoms with E-state index in [0.717, 1.165) is 27.1 Å². The lowest BCUT2D eigenvalue weighted by Crippen LogP contribution is -2.23. The van der Waals surface area contributed by atoms with Gasteiger partial charge in [-0.15, -0.1) is 0 Å². The highest BCUT2D eigenvalue weighted by Crippen LogP contribution is 2.24. The van der Waals surface area contributed by atoms with Crippen molar-refractivity contribution >= 4 is 16.7 Å². The second-order valence-electron chi connectivity index (χ2n) is 8.01. The lowest BCUT2D eigenvalue weighted by Gasteiger charge is -2.08. The molecule has 0 saturated heterocycles. The summed E-state index contributed by atoms with van der Waals surface area (Å²) < 4.78 is 18.5. The maximum absolute atomic E-state index is 12.7. The number of carbonyl (C=O) groups is 1. The summed E-state index contributed by atoms with van der Waals surface area (Å²) in [6, 6.07) is 22.8. The average molecular weight is 459 g/mol. The third kappa shape index (κ3) is 5.46. The molecule has 0 bridgehead atoms. The molecule has 5 nitrogen and oxygen atoms in total. The topological polar surface area (TPSA) is 72.2 Å². The van der Waals surface area contributed by atoms with Gasteiger partial charge in [-0.25, -0.2) is 4.98 Å². The van der Waals surface area contributed by atoms with Gasteiger partial charge in [0.25, 0.3) is 5.91 Å². The van der Waals surface area contributed by atoms with E-state index in [1.54, 1.807) is 12.1 Å². The van der Waals surface area contributed by atoms with Crippen LogP contribution in [0.2, 0.25) is 0 Å². The molecule has 0 unspecified atom stereocenters. The molecule has 1 atom stereocenters. The van der Waals surface area contributed by atoms with E-state index in [9.17, 15) is 9.00 Å². The van der Waals surface area contributed by atoms with E-state index in [0.29, 0.717) is 29.5 Å². The van der Waals surface area contributed by atoms with Crippen molar-refractivity contribution in [2.75, 3.05) is 0 Å². The Kier molecular flexibility index (Phi) is 6.84. The zero-order valence-electron chi connectivity index (χ0n) is 18.9. The Morgan fingerprint density at radius 2 is 1.64 bits per heavy atom. The number of nitrogens with zero attached hydrogens (tertiary/aromatic N) is 1. The van der Waals surface area contributed by atoms with Crippen molar-refractivity contribution in [2.24, 2.45) is 0 Å². The highest BCUT2D eigenvalue weighted by atomic mass is 32.2. The molecule has 0 aliphatic carbocycles. The highest BCUT2D eigenvalue weighted by Gasteiger charge is 2.16. The maximum Gasteiger partial charge on any atom is 0.251 e. The first-order chi connectivity index (χ1) is 15.9. The fourth-order valence-electron chi connectivity index (χ4n) is 3.43. The number of benzene rings is 3. The fourth-order valence-corrected chi connectivity index (χ4v) is 4.56. The Labute approximate surface area is 196 Å². The molecule has 0 spiro atoms. The number of amides is 1.